The van der Waals surface area contributed by atoms with Gasteiger partial charge in [-0.05, 0) is 30.7 Å². The lowest BCUT2D eigenvalue weighted by molar-refractivity contribution is -0.157. The van der Waals surface area contributed by atoms with Crippen LogP contribution in [-0.2, 0) is 0 Å². The van der Waals surface area contributed by atoms with Gasteiger partial charge in [-0.25, -0.2) is 0 Å². The summed E-state index contributed by atoms with van der Waals surface area (Å²) in [5, 5.41) is 2.76. The second kappa shape index (κ2) is 6.29. The van der Waals surface area contributed by atoms with Crippen LogP contribution in [0.25, 0.3) is 0 Å². The fourth-order valence-electron chi connectivity index (χ4n) is 1.57. The predicted molar refractivity (Wildman–Crippen MR) is 65.1 cm³/mol. The van der Waals surface area contributed by atoms with Crippen LogP contribution in [0.1, 0.15) is 24.9 Å². The van der Waals surface area contributed by atoms with Gasteiger partial charge in [0.25, 0.3) is 0 Å². The van der Waals surface area contributed by atoms with Gasteiger partial charge in [0.15, 0.2) is 0 Å². The molecule has 1 N–H and O–H groups in total. The highest BCUT2D eigenvalue weighted by molar-refractivity contribution is 6.32. The summed E-state index contributed by atoms with van der Waals surface area (Å²) in [6.45, 7) is 2.10. The molecule has 1 aromatic carbocycles. The van der Waals surface area contributed by atoms with Crippen molar-refractivity contribution < 1.29 is 17.9 Å². The monoisotopic (exact) mass is 281 g/mol. The zero-order valence-electron chi connectivity index (χ0n) is 10.1. The van der Waals surface area contributed by atoms with Crippen molar-refractivity contribution in [2.24, 2.45) is 0 Å². The summed E-state index contributed by atoms with van der Waals surface area (Å²) < 4.78 is 43.7. The first-order valence-electron chi connectivity index (χ1n) is 5.53. The van der Waals surface area contributed by atoms with Crippen molar-refractivity contribution >= 4 is 11.6 Å². The van der Waals surface area contributed by atoms with E-state index >= 15 is 0 Å². The van der Waals surface area contributed by atoms with E-state index < -0.39 is 12.2 Å². The number of nitrogens with one attached hydrogen (secondary N) is 1. The van der Waals surface area contributed by atoms with Crippen LogP contribution in [0.4, 0.5) is 13.2 Å². The molecule has 0 saturated carbocycles. The first-order valence-corrected chi connectivity index (χ1v) is 5.91. The van der Waals surface area contributed by atoms with E-state index in [2.05, 4.69) is 5.32 Å². The van der Waals surface area contributed by atoms with Gasteiger partial charge in [0.05, 0.1) is 12.1 Å². The minimum atomic E-state index is -4.35. The average molecular weight is 282 g/mol. The van der Waals surface area contributed by atoms with Gasteiger partial charge >= 0.3 is 6.18 Å². The smallest absolute Gasteiger partial charge is 0.407 e. The Balaban J connectivity index is 3.05. The predicted octanol–water partition coefficient (Wildman–Crippen LogP) is 3.95. The topological polar surface area (TPSA) is 21.3 Å². The van der Waals surface area contributed by atoms with Crippen molar-refractivity contribution in [3.05, 3.63) is 28.8 Å². The molecule has 0 aliphatic rings. The van der Waals surface area contributed by atoms with Crippen LogP contribution in [0.3, 0.4) is 0 Å². The van der Waals surface area contributed by atoms with Crippen molar-refractivity contribution in [3.63, 3.8) is 0 Å². The summed E-state index contributed by atoms with van der Waals surface area (Å²) in [6.07, 6.45) is -3.73. The van der Waals surface area contributed by atoms with Crippen molar-refractivity contribution in [1.82, 2.24) is 5.32 Å². The Kier molecular flexibility index (Phi) is 5.28. The fraction of sp³-hybridized carbons (Fsp3) is 0.500. The minimum absolute atomic E-state index is 0.0946. The molecule has 18 heavy (non-hydrogen) atoms. The number of benzene rings is 1. The molecule has 0 aliphatic heterocycles. The van der Waals surface area contributed by atoms with E-state index in [1.807, 2.05) is 6.92 Å². The van der Waals surface area contributed by atoms with E-state index in [1.54, 1.807) is 0 Å². The lowest BCUT2D eigenvalue weighted by atomic mass is 10.1. The lowest BCUT2D eigenvalue weighted by Gasteiger charge is -2.22. The summed E-state index contributed by atoms with van der Waals surface area (Å²) in [4.78, 5) is 0. The maximum absolute atomic E-state index is 12.9. The second-order valence-electron chi connectivity index (χ2n) is 3.82. The molecule has 0 fully saturated rings. The number of hydrogen-bond donors (Lipinski definition) is 1. The van der Waals surface area contributed by atoms with Gasteiger partial charge in [-0.3, -0.25) is 0 Å². The summed E-state index contributed by atoms with van der Waals surface area (Å²) in [7, 11) is 1.37. The lowest BCUT2D eigenvalue weighted by Crippen LogP contribution is -2.34. The largest absolute Gasteiger partial charge is 0.495 e. The van der Waals surface area contributed by atoms with Crippen LogP contribution in [0.2, 0.25) is 5.02 Å². The van der Waals surface area contributed by atoms with Crippen LogP contribution in [-0.4, -0.2) is 19.8 Å². The summed E-state index contributed by atoms with van der Waals surface area (Å²) in [6, 6.07) is 2.36. The third-order valence-corrected chi connectivity index (χ3v) is 2.75. The van der Waals surface area contributed by atoms with E-state index in [0.29, 0.717) is 6.42 Å². The highest BCUT2D eigenvalue weighted by Crippen LogP contribution is 2.36. The van der Waals surface area contributed by atoms with E-state index in [1.165, 1.54) is 25.3 Å². The molecular formula is C12H15ClF3NO. The molecule has 0 radical (unpaired) electrons. The molecule has 6 heteroatoms. The number of ether oxygens (including phenoxy) is 1. The summed E-state index contributed by atoms with van der Waals surface area (Å²) in [5.74, 6) is 0.238. The second-order valence-corrected chi connectivity index (χ2v) is 4.23. The van der Waals surface area contributed by atoms with E-state index in [9.17, 15) is 13.2 Å². The quantitative estimate of drug-likeness (QED) is 0.882. The van der Waals surface area contributed by atoms with Crippen LogP contribution in [0.5, 0.6) is 5.75 Å². The number of methoxy groups -OCH3 is 1. The Labute approximate surface area is 109 Å². The minimum Gasteiger partial charge on any atom is -0.495 e. The molecule has 0 saturated heterocycles. The maximum Gasteiger partial charge on any atom is 0.407 e. The Morgan fingerprint density at radius 2 is 2.06 bits per heavy atom. The molecule has 0 amide bonds. The fourth-order valence-corrected chi connectivity index (χ4v) is 1.76. The number of alkyl halides is 3. The third-order valence-electron chi connectivity index (χ3n) is 2.43. The normalized spacial score (nSPS) is 13.4. The van der Waals surface area contributed by atoms with Crippen LogP contribution < -0.4 is 10.1 Å². The van der Waals surface area contributed by atoms with Crippen LogP contribution >= 0.6 is 11.6 Å². The maximum atomic E-state index is 12.9. The summed E-state index contributed by atoms with van der Waals surface area (Å²) >= 11 is 5.79. The van der Waals surface area contributed by atoms with Gasteiger partial charge in [0.1, 0.15) is 11.8 Å². The zero-order chi connectivity index (χ0) is 13.8. The molecular weight excluding hydrogens is 267 g/mol. The van der Waals surface area contributed by atoms with Gasteiger partial charge in [0.2, 0.25) is 0 Å². The molecule has 1 atom stereocenters. The number of halogens is 4. The van der Waals surface area contributed by atoms with Gasteiger partial charge in [0, 0.05) is 0 Å². The summed E-state index contributed by atoms with van der Waals surface area (Å²) in [5.41, 5.74) is 0.0946. The third kappa shape index (κ3) is 3.78. The number of hydrogen-bond acceptors (Lipinski definition) is 2. The Hall–Kier alpha value is -0.940. The van der Waals surface area contributed by atoms with Crippen LogP contribution in [0.15, 0.2) is 18.2 Å². The molecule has 1 rings (SSSR count). The molecule has 1 unspecified atom stereocenters. The number of rotatable bonds is 5. The van der Waals surface area contributed by atoms with Crippen molar-refractivity contribution in [1.29, 1.82) is 0 Å². The Morgan fingerprint density at radius 3 is 2.56 bits per heavy atom. The molecule has 0 aliphatic carbocycles. The molecule has 102 valence electrons. The highest BCUT2D eigenvalue weighted by atomic mass is 35.5. The van der Waals surface area contributed by atoms with Crippen molar-refractivity contribution in [2.45, 2.75) is 25.6 Å². The first-order chi connectivity index (χ1) is 8.40. The molecule has 0 heterocycles. The molecule has 2 nitrogen and oxygen atoms in total. The standard InChI is InChI=1S/C12H15ClF3NO/c1-3-6-17-11(12(14,15)16)8-4-5-9(13)10(7-8)18-2/h4-5,7,11,17H,3,6H2,1-2H3. The van der Waals surface area contributed by atoms with E-state index in [0.717, 1.165) is 0 Å². The molecule has 0 spiro atoms. The van der Waals surface area contributed by atoms with E-state index in [4.69, 9.17) is 16.3 Å². The average Bonchev–Trinajstić information content (AvgIpc) is 2.30. The van der Waals surface area contributed by atoms with Crippen LogP contribution in [0, 0.1) is 0 Å². The Morgan fingerprint density at radius 1 is 1.39 bits per heavy atom. The molecule has 1 aromatic rings. The first kappa shape index (κ1) is 15.1. The molecule has 0 bridgehead atoms. The van der Waals surface area contributed by atoms with Gasteiger partial charge in [-0.1, -0.05) is 24.6 Å². The Bertz CT molecular complexity index is 395. The van der Waals surface area contributed by atoms with Gasteiger partial charge < -0.3 is 10.1 Å². The van der Waals surface area contributed by atoms with Crippen molar-refractivity contribution in [3.8, 4) is 5.75 Å². The SMILES string of the molecule is CCCNC(c1ccc(Cl)c(OC)c1)C(F)(F)F. The van der Waals surface area contributed by atoms with E-state index in [-0.39, 0.29) is 22.9 Å². The van der Waals surface area contributed by atoms with Crippen molar-refractivity contribution in [2.75, 3.05) is 13.7 Å². The highest BCUT2D eigenvalue weighted by Gasteiger charge is 2.40. The molecule has 0 aromatic heterocycles. The van der Waals surface area contributed by atoms with Gasteiger partial charge in [-0.15, -0.1) is 0 Å². The zero-order valence-corrected chi connectivity index (χ0v) is 10.9. The van der Waals surface area contributed by atoms with Gasteiger partial charge in [-0.2, -0.15) is 13.2 Å².